The largest absolute Gasteiger partial charge is 0.396 e. The van der Waals surface area contributed by atoms with Gasteiger partial charge in [0.2, 0.25) is 5.78 Å². The Labute approximate surface area is 111 Å². The first kappa shape index (κ1) is 11.9. The number of aliphatic hydroxyl groups is 1. The van der Waals surface area contributed by atoms with Crippen molar-refractivity contribution in [2.75, 3.05) is 6.61 Å². The Morgan fingerprint density at radius 1 is 1.16 bits per heavy atom. The maximum Gasteiger partial charge on any atom is 0.234 e. The molecule has 0 aliphatic carbocycles. The van der Waals surface area contributed by atoms with Crippen molar-refractivity contribution >= 4 is 5.78 Å². The molecule has 2 aromatic heterocycles. The molecular weight excluding hydrogens is 238 g/mol. The van der Waals surface area contributed by atoms with E-state index in [1.165, 1.54) is 5.56 Å². The van der Waals surface area contributed by atoms with Crippen LogP contribution in [0.25, 0.3) is 17.0 Å². The van der Waals surface area contributed by atoms with Crippen LogP contribution in [0.1, 0.15) is 12.0 Å². The van der Waals surface area contributed by atoms with E-state index in [1.807, 2.05) is 22.9 Å². The highest BCUT2D eigenvalue weighted by molar-refractivity contribution is 5.61. The number of nitrogens with zero attached hydrogens (tertiary/aromatic N) is 3. The predicted molar refractivity (Wildman–Crippen MR) is 73.8 cm³/mol. The molecule has 0 atom stereocenters. The second-order valence-corrected chi connectivity index (χ2v) is 4.48. The molecule has 0 bridgehead atoms. The van der Waals surface area contributed by atoms with Crippen molar-refractivity contribution in [3.63, 3.8) is 0 Å². The normalized spacial score (nSPS) is 11.0. The third kappa shape index (κ3) is 2.48. The van der Waals surface area contributed by atoms with Gasteiger partial charge in [-0.05, 0) is 24.5 Å². The average Bonchev–Trinajstić information content (AvgIpc) is 2.89. The van der Waals surface area contributed by atoms with E-state index in [0.29, 0.717) is 5.78 Å². The SMILES string of the molecule is OCCCc1ccc(-c2cn3cccnc3n2)cc1. The molecule has 0 fully saturated rings. The number of benzene rings is 1. The van der Waals surface area contributed by atoms with Crippen molar-refractivity contribution in [1.29, 1.82) is 0 Å². The highest BCUT2D eigenvalue weighted by atomic mass is 16.2. The first-order chi connectivity index (χ1) is 9.36. The third-order valence-electron chi connectivity index (χ3n) is 3.11. The van der Waals surface area contributed by atoms with Crippen LogP contribution in [0.3, 0.4) is 0 Å². The molecule has 3 aromatic rings. The number of rotatable bonds is 4. The number of aliphatic hydroxyl groups excluding tert-OH is 1. The summed E-state index contributed by atoms with van der Waals surface area (Å²) >= 11 is 0. The first-order valence-electron chi connectivity index (χ1n) is 6.37. The minimum atomic E-state index is 0.236. The zero-order valence-electron chi connectivity index (χ0n) is 10.5. The van der Waals surface area contributed by atoms with Gasteiger partial charge in [-0.3, -0.25) is 4.40 Å². The molecule has 0 spiro atoms. The van der Waals surface area contributed by atoms with E-state index in [-0.39, 0.29) is 6.61 Å². The zero-order valence-corrected chi connectivity index (χ0v) is 10.5. The molecule has 2 heterocycles. The van der Waals surface area contributed by atoms with Crippen molar-refractivity contribution in [3.05, 3.63) is 54.5 Å². The monoisotopic (exact) mass is 253 g/mol. The van der Waals surface area contributed by atoms with E-state index in [2.05, 4.69) is 34.2 Å². The highest BCUT2D eigenvalue weighted by Gasteiger charge is 2.04. The van der Waals surface area contributed by atoms with Crippen LogP contribution < -0.4 is 0 Å². The summed E-state index contributed by atoms with van der Waals surface area (Å²) in [4.78, 5) is 8.70. The Morgan fingerprint density at radius 3 is 2.74 bits per heavy atom. The van der Waals surface area contributed by atoms with E-state index in [9.17, 15) is 0 Å². The van der Waals surface area contributed by atoms with E-state index in [4.69, 9.17) is 5.11 Å². The molecule has 19 heavy (non-hydrogen) atoms. The Kier molecular flexibility index (Phi) is 3.25. The van der Waals surface area contributed by atoms with Gasteiger partial charge in [0.1, 0.15) is 0 Å². The van der Waals surface area contributed by atoms with Gasteiger partial charge in [-0.15, -0.1) is 0 Å². The predicted octanol–water partition coefficient (Wildman–Crippen LogP) is 2.32. The van der Waals surface area contributed by atoms with Gasteiger partial charge in [-0.2, -0.15) is 0 Å². The number of hydrogen-bond acceptors (Lipinski definition) is 3. The molecular formula is C15H15N3O. The number of imidazole rings is 1. The highest BCUT2D eigenvalue weighted by Crippen LogP contribution is 2.19. The summed E-state index contributed by atoms with van der Waals surface area (Å²) in [5, 5.41) is 8.82. The molecule has 3 rings (SSSR count). The molecule has 0 saturated carbocycles. The lowest BCUT2D eigenvalue weighted by Gasteiger charge is -2.01. The van der Waals surface area contributed by atoms with Crippen LogP contribution in [-0.4, -0.2) is 26.1 Å². The van der Waals surface area contributed by atoms with E-state index in [0.717, 1.165) is 24.1 Å². The van der Waals surface area contributed by atoms with Crippen LogP contribution >= 0.6 is 0 Å². The Hall–Kier alpha value is -2.20. The minimum Gasteiger partial charge on any atom is -0.396 e. The molecule has 1 aromatic carbocycles. The molecule has 4 heteroatoms. The summed E-state index contributed by atoms with van der Waals surface area (Å²) in [6.45, 7) is 0.236. The van der Waals surface area contributed by atoms with Gasteiger partial charge in [-0.1, -0.05) is 24.3 Å². The Bertz CT molecular complexity index is 640. The van der Waals surface area contributed by atoms with Gasteiger partial charge in [0, 0.05) is 30.8 Å². The molecule has 0 aliphatic rings. The Balaban J connectivity index is 1.88. The molecule has 96 valence electrons. The summed E-state index contributed by atoms with van der Waals surface area (Å²) in [6, 6.07) is 10.2. The molecule has 0 amide bonds. The van der Waals surface area contributed by atoms with Gasteiger partial charge in [0.15, 0.2) is 0 Å². The lowest BCUT2D eigenvalue weighted by atomic mass is 10.1. The van der Waals surface area contributed by atoms with Crippen LogP contribution in [0.4, 0.5) is 0 Å². The minimum absolute atomic E-state index is 0.236. The van der Waals surface area contributed by atoms with Gasteiger partial charge in [0.05, 0.1) is 5.69 Å². The van der Waals surface area contributed by atoms with Gasteiger partial charge in [-0.25, -0.2) is 9.97 Å². The molecule has 4 nitrogen and oxygen atoms in total. The summed E-state index contributed by atoms with van der Waals surface area (Å²) in [6.07, 6.45) is 7.37. The number of fused-ring (bicyclic) bond motifs is 1. The first-order valence-corrected chi connectivity index (χ1v) is 6.37. The molecule has 0 unspecified atom stereocenters. The van der Waals surface area contributed by atoms with Crippen LogP contribution in [0.15, 0.2) is 48.9 Å². The maximum atomic E-state index is 8.82. The second-order valence-electron chi connectivity index (χ2n) is 4.48. The van der Waals surface area contributed by atoms with Crippen molar-refractivity contribution in [2.24, 2.45) is 0 Å². The standard InChI is InChI=1S/C15H15N3O/c19-10-1-3-12-4-6-13(7-5-12)14-11-18-9-2-8-16-15(18)17-14/h2,4-9,11,19H,1,3,10H2. The number of aromatic nitrogens is 3. The maximum absolute atomic E-state index is 8.82. The average molecular weight is 253 g/mol. The van der Waals surface area contributed by atoms with Crippen molar-refractivity contribution in [2.45, 2.75) is 12.8 Å². The topological polar surface area (TPSA) is 50.4 Å². The van der Waals surface area contributed by atoms with E-state index >= 15 is 0 Å². The Morgan fingerprint density at radius 2 is 2.00 bits per heavy atom. The van der Waals surface area contributed by atoms with Gasteiger partial charge in [0.25, 0.3) is 0 Å². The summed E-state index contributed by atoms with van der Waals surface area (Å²) in [5.41, 5.74) is 3.24. The number of aryl methyl sites for hydroxylation is 1. The second kappa shape index (κ2) is 5.20. The van der Waals surface area contributed by atoms with Crippen LogP contribution in [0, 0.1) is 0 Å². The summed E-state index contributed by atoms with van der Waals surface area (Å²) in [7, 11) is 0. The lowest BCUT2D eigenvalue weighted by Crippen LogP contribution is -1.89. The summed E-state index contributed by atoms with van der Waals surface area (Å²) < 4.78 is 1.91. The quantitative estimate of drug-likeness (QED) is 0.776. The lowest BCUT2D eigenvalue weighted by molar-refractivity contribution is 0.288. The fourth-order valence-electron chi connectivity index (χ4n) is 2.09. The zero-order chi connectivity index (χ0) is 13.1. The van der Waals surface area contributed by atoms with Crippen molar-refractivity contribution < 1.29 is 5.11 Å². The number of hydrogen-bond donors (Lipinski definition) is 1. The molecule has 1 N–H and O–H groups in total. The van der Waals surface area contributed by atoms with E-state index in [1.54, 1.807) is 6.20 Å². The molecule has 0 saturated heterocycles. The summed E-state index contributed by atoms with van der Waals surface area (Å²) in [5.74, 6) is 0.710. The third-order valence-corrected chi connectivity index (χ3v) is 3.11. The van der Waals surface area contributed by atoms with Crippen LogP contribution in [0.2, 0.25) is 0 Å². The van der Waals surface area contributed by atoms with Gasteiger partial charge >= 0.3 is 0 Å². The fourth-order valence-corrected chi connectivity index (χ4v) is 2.09. The smallest absolute Gasteiger partial charge is 0.234 e. The molecule has 0 aliphatic heterocycles. The van der Waals surface area contributed by atoms with Crippen LogP contribution in [-0.2, 0) is 6.42 Å². The molecule has 0 radical (unpaired) electrons. The van der Waals surface area contributed by atoms with E-state index < -0.39 is 0 Å². The van der Waals surface area contributed by atoms with Gasteiger partial charge < -0.3 is 5.11 Å². The van der Waals surface area contributed by atoms with Crippen molar-refractivity contribution in [3.8, 4) is 11.3 Å². The van der Waals surface area contributed by atoms with Crippen molar-refractivity contribution in [1.82, 2.24) is 14.4 Å². The fraction of sp³-hybridized carbons (Fsp3) is 0.200. The van der Waals surface area contributed by atoms with Crippen LogP contribution in [0.5, 0.6) is 0 Å².